The maximum absolute atomic E-state index is 13.5. The molecule has 6 amide bonds. The summed E-state index contributed by atoms with van der Waals surface area (Å²) in [7, 11) is 1.44. The van der Waals surface area contributed by atoms with Gasteiger partial charge in [-0.2, -0.15) is 26.3 Å². The second-order valence-electron chi connectivity index (χ2n) is 12.4. The number of carbonyl (C=O) groups is 7. The lowest BCUT2D eigenvalue weighted by molar-refractivity contribution is -0.144. The van der Waals surface area contributed by atoms with Crippen LogP contribution in [0.1, 0.15) is 42.2 Å². The van der Waals surface area contributed by atoms with Crippen LogP contribution in [0.15, 0.2) is 60.7 Å². The first-order chi connectivity index (χ1) is 27.1. The van der Waals surface area contributed by atoms with Gasteiger partial charge in [0.05, 0.1) is 22.3 Å². The van der Waals surface area contributed by atoms with Gasteiger partial charge in [0.1, 0.15) is 11.6 Å². The number of rotatable bonds is 5. The molecule has 0 unspecified atom stereocenters. The van der Waals surface area contributed by atoms with Crippen LogP contribution in [0.25, 0.3) is 0 Å². The summed E-state index contributed by atoms with van der Waals surface area (Å²) in [6.07, 6.45) is -9.65. The van der Waals surface area contributed by atoms with E-state index in [0.29, 0.717) is 36.4 Å². The molecule has 0 bridgehead atoms. The number of hydrogen-bond acceptors (Lipinski definition) is 7. The zero-order chi connectivity index (χ0) is 43.1. The molecule has 0 spiro atoms. The monoisotopic (exact) mass is 846 g/mol. The summed E-state index contributed by atoms with van der Waals surface area (Å²) in [5.41, 5.74) is -3.61. The van der Waals surface area contributed by atoms with E-state index in [0.717, 1.165) is 19.6 Å². The molecule has 2 heterocycles. The molecule has 2 saturated heterocycles. The lowest BCUT2D eigenvalue weighted by Crippen LogP contribution is -2.53. The van der Waals surface area contributed by atoms with Crippen molar-refractivity contribution in [1.82, 2.24) is 24.9 Å². The summed E-state index contributed by atoms with van der Waals surface area (Å²) in [6.45, 7) is -0.792. The van der Waals surface area contributed by atoms with Gasteiger partial charge in [0.25, 0.3) is 17.7 Å². The molecule has 58 heavy (non-hydrogen) atoms. The van der Waals surface area contributed by atoms with Crippen molar-refractivity contribution in [3.63, 3.8) is 0 Å². The van der Waals surface area contributed by atoms with Crippen LogP contribution in [-0.4, -0.2) is 120 Å². The third-order valence-electron chi connectivity index (χ3n) is 8.72. The van der Waals surface area contributed by atoms with E-state index in [1.807, 2.05) is 0 Å². The third-order valence-corrected chi connectivity index (χ3v) is 8.88. The van der Waals surface area contributed by atoms with E-state index in [4.69, 9.17) is 11.6 Å². The van der Waals surface area contributed by atoms with Crippen molar-refractivity contribution in [2.75, 3.05) is 64.7 Å². The van der Waals surface area contributed by atoms with Crippen LogP contribution in [0.4, 0.5) is 40.8 Å². The Labute approximate surface area is 328 Å². The molecule has 2 N–H and O–H groups in total. The maximum Gasteiger partial charge on any atom is 0.417 e. The highest BCUT2D eigenvalue weighted by atomic mass is 35.5. The van der Waals surface area contributed by atoms with Gasteiger partial charge in [-0.25, -0.2) is 8.78 Å². The first-order valence-electron chi connectivity index (χ1n) is 16.9. The fourth-order valence-corrected chi connectivity index (χ4v) is 5.90. The van der Waals surface area contributed by atoms with Gasteiger partial charge in [-0.15, -0.1) is 0 Å². The predicted octanol–water partition coefficient (Wildman–Crippen LogP) is 4.02. The Bertz CT molecular complexity index is 2100. The molecule has 22 heteroatoms. The highest BCUT2D eigenvalue weighted by Crippen LogP contribution is 2.34. The maximum atomic E-state index is 13.5. The third kappa shape index (κ3) is 11.0. The molecule has 3 aromatic carbocycles. The summed E-state index contributed by atoms with van der Waals surface area (Å²) in [5, 5.41) is 3.64. The number of hydrogen-bond donors (Lipinski definition) is 2. The van der Waals surface area contributed by atoms with E-state index in [-0.39, 0.29) is 69.5 Å². The van der Waals surface area contributed by atoms with Crippen molar-refractivity contribution in [1.29, 1.82) is 0 Å². The van der Waals surface area contributed by atoms with Crippen LogP contribution in [0.5, 0.6) is 0 Å². The van der Waals surface area contributed by atoms with E-state index < -0.39 is 81.0 Å². The second kappa shape index (κ2) is 18.4. The van der Waals surface area contributed by atoms with Crippen molar-refractivity contribution in [3.05, 3.63) is 100 Å². The van der Waals surface area contributed by atoms with Gasteiger partial charge in [0.15, 0.2) is 0 Å². The van der Waals surface area contributed by atoms with Crippen LogP contribution >= 0.6 is 11.6 Å². The minimum absolute atomic E-state index is 0.0559. The van der Waals surface area contributed by atoms with Gasteiger partial charge in [-0.3, -0.25) is 33.6 Å². The van der Waals surface area contributed by atoms with Gasteiger partial charge >= 0.3 is 35.3 Å². The van der Waals surface area contributed by atoms with Gasteiger partial charge in [-0.05, 0) is 66.2 Å². The summed E-state index contributed by atoms with van der Waals surface area (Å²) in [4.78, 5) is 88.0. The van der Waals surface area contributed by atoms with E-state index in [1.165, 1.54) is 31.3 Å². The van der Waals surface area contributed by atoms with Crippen LogP contribution in [-0.2, 0) is 31.5 Å². The van der Waals surface area contributed by atoms with Gasteiger partial charge in [0, 0.05) is 70.7 Å². The van der Waals surface area contributed by atoms with Crippen LogP contribution in [0.3, 0.4) is 0 Å². The molecule has 2 fully saturated rings. The molecule has 3 aromatic rings. The number of nitrogens with one attached hydrogen (secondary N) is 2. The quantitative estimate of drug-likeness (QED) is 0.223. The van der Waals surface area contributed by atoms with Crippen molar-refractivity contribution < 1.29 is 68.7 Å². The molecule has 310 valence electrons. The zero-order valence-electron chi connectivity index (χ0n) is 30.0. The van der Waals surface area contributed by atoms with Gasteiger partial charge < -0.3 is 30.2 Å². The lowest BCUT2D eigenvalue weighted by Gasteiger charge is -2.34. The smallest absolute Gasteiger partial charge is 0.355 e. The van der Waals surface area contributed by atoms with E-state index in [9.17, 15) is 68.7 Å². The van der Waals surface area contributed by atoms with Crippen LogP contribution < -0.4 is 10.6 Å². The minimum atomic E-state index is -4.84. The van der Waals surface area contributed by atoms with Crippen molar-refractivity contribution in [3.8, 4) is 0 Å². The summed E-state index contributed by atoms with van der Waals surface area (Å²) in [6, 6.07) is 9.26. The Kier molecular flexibility index (Phi) is 14.2. The average Bonchev–Trinajstić information content (AvgIpc) is 3.18. The number of carbonyl (C=O) groups excluding carboxylic acids is 7. The molecule has 5 rings (SSSR count). The number of benzene rings is 3. The summed E-state index contributed by atoms with van der Waals surface area (Å²) in [5.74, 6) is -7.16. The van der Waals surface area contributed by atoms with E-state index >= 15 is 0 Å². The zero-order valence-corrected chi connectivity index (χ0v) is 30.7. The van der Waals surface area contributed by atoms with Crippen LogP contribution in [0.2, 0.25) is 0 Å². The fraction of sp³-hybridized carbons (Fsp3) is 0.306. The first-order valence-corrected chi connectivity index (χ1v) is 17.2. The number of nitrogens with zero attached hydrogens (tertiary/aromatic N) is 4. The van der Waals surface area contributed by atoms with Gasteiger partial charge in [0.2, 0.25) is 0 Å². The minimum Gasteiger partial charge on any atom is -0.355 e. The fourth-order valence-electron chi connectivity index (χ4n) is 5.78. The number of halogens is 9. The van der Waals surface area contributed by atoms with Crippen molar-refractivity contribution in [2.45, 2.75) is 12.4 Å². The van der Waals surface area contributed by atoms with Gasteiger partial charge in [-0.1, -0.05) is 6.07 Å². The topological polar surface area (TPSA) is 157 Å². The molecule has 0 atom stereocenters. The molecule has 0 aliphatic carbocycles. The first kappa shape index (κ1) is 44.6. The Hall–Kier alpha value is -6.12. The number of piperazine rings is 2. The molecule has 2 aliphatic rings. The molecule has 0 saturated carbocycles. The average molecular weight is 847 g/mol. The molecule has 2 aliphatic heterocycles. The normalized spacial score (nSPS) is 14.5. The molecule has 0 aromatic heterocycles. The molecular weight excluding hydrogens is 816 g/mol. The van der Waals surface area contributed by atoms with Crippen molar-refractivity contribution in [2.24, 2.45) is 0 Å². The molecule has 13 nitrogen and oxygen atoms in total. The number of amides is 6. The van der Waals surface area contributed by atoms with E-state index in [2.05, 4.69) is 10.6 Å². The lowest BCUT2D eigenvalue weighted by atomic mass is 10.0. The second-order valence-corrected chi connectivity index (χ2v) is 12.8. The largest absolute Gasteiger partial charge is 0.417 e. The number of anilines is 1. The van der Waals surface area contributed by atoms with E-state index in [1.54, 1.807) is 0 Å². The SMILES string of the molecule is CNC(=O)c1cccc(NC(=O)C(=O)N2CCN(C(=O)c3cc(F)ccc3C(F)(F)F)CC2)c1.O=C(Cl)C(=O)N1CCN(C(=O)c2cc(F)ccc2C(F)(F)F)CC1. The Morgan fingerprint density at radius 2 is 1.00 bits per heavy atom. The predicted molar refractivity (Wildman–Crippen MR) is 187 cm³/mol. The molecule has 0 radical (unpaired) electrons. The van der Waals surface area contributed by atoms with Crippen molar-refractivity contribution >= 4 is 58.0 Å². The Morgan fingerprint density at radius 3 is 1.40 bits per heavy atom. The summed E-state index contributed by atoms with van der Waals surface area (Å²) >= 11 is 5.07. The Balaban J connectivity index is 0.000000273. The standard InChI is InChI=1S/C22H20F4N4O4.C14H11ClF4N2O3/c1-27-18(31)13-3-2-4-15(11-13)28-19(32)21(34)30-9-7-29(8-10-30)20(33)16-12-14(23)5-6-17(16)22(24,25)26;15-11(22)13(24)21-5-3-20(4-6-21)12(23)9-7-8(16)1-2-10(9)14(17,18)19/h2-6,11-12H,7-10H2,1H3,(H,27,31)(H,28,32);1-2,7H,3-6H2. The van der Waals surface area contributed by atoms with Crippen LogP contribution in [0, 0.1) is 11.6 Å². The number of alkyl halides is 6. The molecular formula is C36H31ClF8N6O7. The highest BCUT2D eigenvalue weighted by Gasteiger charge is 2.39. The highest BCUT2D eigenvalue weighted by molar-refractivity contribution is 6.80. The Morgan fingerprint density at radius 1 is 0.586 bits per heavy atom. The summed E-state index contributed by atoms with van der Waals surface area (Å²) < 4.78 is 105.